The van der Waals surface area contributed by atoms with Crippen LogP contribution in [0.4, 0.5) is 13.2 Å². The summed E-state index contributed by atoms with van der Waals surface area (Å²) in [7, 11) is 2.93. The van der Waals surface area contributed by atoms with E-state index in [0.29, 0.717) is 27.4 Å². The molecule has 22 heavy (non-hydrogen) atoms. The zero-order valence-corrected chi connectivity index (χ0v) is 11.7. The molecule has 0 unspecified atom stereocenters. The number of halogens is 3. The Bertz CT molecular complexity index is 935. The number of methoxy groups -OCH3 is 1. The molecular formula is C15H10F3N3O. The second-order valence-electron chi connectivity index (χ2n) is 4.82. The van der Waals surface area contributed by atoms with Gasteiger partial charge in [0.25, 0.3) is 0 Å². The third kappa shape index (κ3) is 1.88. The number of alkyl halides is 3. The van der Waals surface area contributed by atoms with E-state index in [-0.39, 0.29) is 5.75 Å². The molecule has 1 aromatic carbocycles. The summed E-state index contributed by atoms with van der Waals surface area (Å²) < 4.78 is 45.8. The number of benzene rings is 1. The highest BCUT2D eigenvalue weighted by Gasteiger charge is 2.32. The van der Waals surface area contributed by atoms with Crippen LogP contribution < -0.4 is 4.74 Å². The van der Waals surface area contributed by atoms with Crippen LogP contribution in [0.5, 0.6) is 5.75 Å². The van der Waals surface area contributed by atoms with Crippen molar-refractivity contribution in [1.82, 2.24) is 9.55 Å². The van der Waals surface area contributed by atoms with Gasteiger partial charge in [0.2, 0.25) is 0 Å². The number of pyridine rings is 1. The molecule has 0 aliphatic carbocycles. The average Bonchev–Trinajstić information content (AvgIpc) is 2.79. The van der Waals surface area contributed by atoms with Crippen LogP contribution in [0.3, 0.4) is 0 Å². The van der Waals surface area contributed by atoms with Gasteiger partial charge in [0.15, 0.2) is 0 Å². The van der Waals surface area contributed by atoms with Gasteiger partial charge in [-0.25, -0.2) is 0 Å². The van der Waals surface area contributed by atoms with Gasteiger partial charge in [0.05, 0.1) is 34.7 Å². The summed E-state index contributed by atoms with van der Waals surface area (Å²) in [5.74, 6) is 0.104. The maximum atomic E-state index is 13.0. The fraction of sp³-hybridized carbons (Fsp3) is 0.200. The largest absolute Gasteiger partial charge is 0.496 e. The van der Waals surface area contributed by atoms with E-state index in [1.165, 1.54) is 19.5 Å². The van der Waals surface area contributed by atoms with Gasteiger partial charge in [0, 0.05) is 24.8 Å². The molecule has 0 spiro atoms. The molecule has 0 radical (unpaired) electrons. The Hall–Kier alpha value is -2.75. The van der Waals surface area contributed by atoms with Crippen LogP contribution in [0.15, 0.2) is 24.5 Å². The van der Waals surface area contributed by atoms with E-state index in [2.05, 4.69) is 4.98 Å². The fourth-order valence-electron chi connectivity index (χ4n) is 2.66. The van der Waals surface area contributed by atoms with Gasteiger partial charge in [-0.15, -0.1) is 0 Å². The van der Waals surface area contributed by atoms with Crippen LogP contribution in [-0.2, 0) is 13.2 Å². The number of hydrogen-bond acceptors (Lipinski definition) is 3. The molecule has 0 amide bonds. The maximum Gasteiger partial charge on any atom is 0.416 e. The Morgan fingerprint density at radius 2 is 2.00 bits per heavy atom. The van der Waals surface area contributed by atoms with Gasteiger partial charge in [-0.05, 0) is 12.1 Å². The van der Waals surface area contributed by atoms with E-state index in [4.69, 9.17) is 4.74 Å². The maximum absolute atomic E-state index is 13.0. The summed E-state index contributed by atoms with van der Waals surface area (Å²) in [4.78, 5) is 3.98. The third-order valence-corrected chi connectivity index (χ3v) is 3.63. The summed E-state index contributed by atoms with van der Waals surface area (Å²) in [6.45, 7) is 0. The van der Waals surface area contributed by atoms with Gasteiger partial charge in [-0.1, -0.05) is 0 Å². The molecule has 0 saturated carbocycles. The molecule has 112 valence electrons. The Labute approximate surface area is 123 Å². The van der Waals surface area contributed by atoms with Crippen LogP contribution in [-0.4, -0.2) is 16.7 Å². The number of hydrogen-bond donors (Lipinski definition) is 0. The number of nitrogens with zero attached hydrogens (tertiary/aromatic N) is 3. The molecule has 0 fully saturated rings. The molecule has 0 atom stereocenters. The minimum atomic E-state index is -4.48. The zero-order chi connectivity index (χ0) is 16.1. The summed E-state index contributed by atoms with van der Waals surface area (Å²) in [6.07, 6.45) is -1.57. The quantitative estimate of drug-likeness (QED) is 0.690. The summed E-state index contributed by atoms with van der Waals surface area (Å²) in [5.41, 5.74) is 0.373. The lowest BCUT2D eigenvalue weighted by atomic mass is 10.1. The van der Waals surface area contributed by atoms with Gasteiger partial charge < -0.3 is 9.30 Å². The van der Waals surface area contributed by atoms with Gasteiger partial charge in [-0.3, -0.25) is 4.98 Å². The second kappa shape index (κ2) is 4.63. The Kier molecular flexibility index (Phi) is 2.99. The molecule has 0 aliphatic heterocycles. The molecule has 0 saturated heterocycles. The van der Waals surface area contributed by atoms with E-state index in [1.807, 2.05) is 6.07 Å². The van der Waals surface area contributed by atoms with Crippen molar-refractivity contribution >= 4 is 21.8 Å². The highest BCUT2D eigenvalue weighted by atomic mass is 19.4. The SMILES string of the molecule is COc1cc(C(F)(F)F)cc2c1c1cncc(C#N)c1n2C. The Morgan fingerprint density at radius 1 is 1.27 bits per heavy atom. The van der Waals surface area contributed by atoms with Crippen LogP contribution in [0, 0.1) is 11.3 Å². The normalized spacial score (nSPS) is 11.8. The Balaban J connectivity index is 2.55. The van der Waals surface area contributed by atoms with Crippen molar-refractivity contribution in [2.75, 3.05) is 7.11 Å². The minimum Gasteiger partial charge on any atom is -0.496 e. The third-order valence-electron chi connectivity index (χ3n) is 3.63. The van der Waals surface area contributed by atoms with E-state index in [0.717, 1.165) is 12.1 Å². The van der Waals surface area contributed by atoms with Crippen molar-refractivity contribution in [3.05, 3.63) is 35.7 Å². The standard InChI is InChI=1S/C15H10F3N3O/c1-21-11-3-9(15(16,17)18)4-12(22-2)13(11)10-7-20-6-8(5-19)14(10)21/h3-4,6-7H,1-2H3. The van der Waals surface area contributed by atoms with Crippen LogP contribution in [0.1, 0.15) is 11.1 Å². The van der Waals surface area contributed by atoms with E-state index < -0.39 is 11.7 Å². The highest BCUT2D eigenvalue weighted by Crippen LogP contribution is 2.40. The van der Waals surface area contributed by atoms with Crippen molar-refractivity contribution < 1.29 is 17.9 Å². The molecule has 2 aromatic heterocycles. The van der Waals surface area contributed by atoms with Gasteiger partial charge in [-0.2, -0.15) is 18.4 Å². The van der Waals surface area contributed by atoms with Crippen molar-refractivity contribution in [2.45, 2.75) is 6.18 Å². The lowest BCUT2D eigenvalue weighted by Crippen LogP contribution is -2.05. The molecular weight excluding hydrogens is 295 g/mol. The van der Waals surface area contributed by atoms with Crippen LogP contribution in [0.25, 0.3) is 21.8 Å². The molecule has 2 heterocycles. The van der Waals surface area contributed by atoms with Crippen molar-refractivity contribution in [3.63, 3.8) is 0 Å². The first-order valence-corrected chi connectivity index (χ1v) is 6.30. The summed E-state index contributed by atoms with van der Waals surface area (Å²) >= 11 is 0. The lowest BCUT2D eigenvalue weighted by molar-refractivity contribution is -0.137. The number of fused-ring (bicyclic) bond motifs is 3. The fourth-order valence-corrected chi connectivity index (χ4v) is 2.66. The number of rotatable bonds is 1. The zero-order valence-electron chi connectivity index (χ0n) is 11.7. The summed E-state index contributed by atoms with van der Waals surface area (Å²) in [6, 6.07) is 4.02. The van der Waals surface area contributed by atoms with Crippen molar-refractivity contribution in [3.8, 4) is 11.8 Å². The molecule has 3 aromatic rings. The van der Waals surface area contributed by atoms with Gasteiger partial charge >= 0.3 is 6.18 Å². The van der Waals surface area contributed by atoms with Crippen molar-refractivity contribution in [1.29, 1.82) is 5.26 Å². The Morgan fingerprint density at radius 3 is 2.59 bits per heavy atom. The first kappa shape index (κ1) is 14.2. The lowest BCUT2D eigenvalue weighted by Gasteiger charge is -2.10. The van der Waals surface area contributed by atoms with Crippen LogP contribution >= 0.6 is 0 Å². The first-order valence-electron chi connectivity index (χ1n) is 6.30. The average molecular weight is 305 g/mol. The second-order valence-corrected chi connectivity index (χ2v) is 4.82. The van der Waals surface area contributed by atoms with E-state index in [1.54, 1.807) is 11.6 Å². The predicted molar refractivity (Wildman–Crippen MR) is 74.5 cm³/mol. The van der Waals surface area contributed by atoms with E-state index >= 15 is 0 Å². The molecule has 0 N–H and O–H groups in total. The number of ether oxygens (including phenoxy) is 1. The topological polar surface area (TPSA) is 50.8 Å². The molecule has 7 heteroatoms. The molecule has 3 rings (SSSR count). The number of aryl methyl sites for hydroxylation is 1. The predicted octanol–water partition coefficient (Wildman–Crippen LogP) is 3.63. The number of nitriles is 1. The molecule has 0 aliphatic rings. The molecule has 0 bridgehead atoms. The first-order chi connectivity index (χ1) is 10.4. The highest BCUT2D eigenvalue weighted by molar-refractivity contribution is 6.12. The van der Waals surface area contributed by atoms with Crippen molar-refractivity contribution in [2.24, 2.45) is 7.05 Å². The molecule has 4 nitrogen and oxygen atoms in total. The van der Waals surface area contributed by atoms with Gasteiger partial charge in [0.1, 0.15) is 11.8 Å². The summed E-state index contributed by atoms with van der Waals surface area (Å²) in [5, 5.41) is 10.3. The number of aromatic nitrogens is 2. The monoisotopic (exact) mass is 305 g/mol. The van der Waals surface area contributed by atoms with E-state index in [9.17, 15) is 18.4 Å². The minimum absolute atomic E-state index is 0.104. The smallest absolute Gasteiger partial charge is 0.416 e. The van der Waals surface area contributed by atoms with Crippen LogP contribution in [0.2, 0.25) is 0 Å².